The first kappa shape index (κ1) is 14.5. The highest BCUT2D eigenvalue weighted by molar-refractivity contribution is 7.98. The average molecular weight is 297 g/mol. The minimum atomic E-state index is -1.04. The summed E-state index contributed by atoms with van der Waals surface area (Å²) in [5, 5.41) is 12.4. The molecule has 1 atom stereocenters. The number of halogens is 1. The Labute approximate surface area is 118 Å². The molecule has 0 fully saturated rings. The predicted octanol–water partition coefficient (Wildman–Crippen LogP) is 1.52. The molecule has 20 heavy (non-hydrogen) atoms. The number of hydrogen-bond acceptors (Lipinski definition) is 6. The van der Waals surface area contributed by atoms with Crippen LogP contribution in [0, 0.1) is 5.82 Å². The molecule has 0 bridgehead atoms. The van der Waals surface area contributed by atoms with E-state index in [1.165, 1.54) is 23.9 Å². The Morgan fingerprint density at radius 3 is 2.80 bits per heavy atom. The number of rotatable bonds is 6. The highest BCUT2D eigenvalue weighted by atomic mass is 32.2. The minimum Gasteiger partial charge on any atom is -0.480 e. The Kier molecular flexibility index (Phi) is 4.70. The summed E-state index contributed by atoms with van der Waals surface area (Å²) in [5.74, 6) is 0.000828. The summed E-state index contributed by atoms with van der Waals surface area (Å²) in [5.41, 5.74) is 5.99. The summed E-state index contributed by atoms with van der Waals surface area (Å²) in [4.78, 5) is 14.7. The molecular formula is C12H12FN3O3S. The van der Waals surface area contributed by atoms with Gasteiger partial charge in [-0.2, -0.15) is 16.7 Å². The van der Waals surface area contributed by atoms with Crippen LogP contribution in [-0.4, -0.2) is 33.0 Å². The van der Waals surface area contributed by atoms with Gasteiger partial charge in [0.1, 0.15) is 11.9 Å². The number of benzene rings is 1. The van der Waals surface area contributed by atoms with E-state index in [0.717, 1.165) is 0 Å². The van der Waals surface area contributed by atoms with Crippen molar-refractivity contribution < 1.29 is 18.8 Å². The predicted molar refractivity (Wildman–Crippen MR) is 71.5 cm³/mol. The fraction of sp³-hybridized carbons (Fsp3) is 0.250. The van der Waals surface area contributed by atoms with E-state index in [1.54, 1.807) is 12.1 Å². The summed E-state index contributed by atoms with van der Waals surface area (Å²) in [6, 6.07) is 4.78. The molecule has 1 aromatic carbocycles. The number of hydrogen-bond donors (Lipinski definition) is 2. The maximum Gasteiger partial charge on any atom is 0.321 e. The lowest BCUT2D eigenvalue weighted by molar-refractivity contribution is -0.137. The van der Waals surface area contributed by atoms with E-state index in [4.69, 9.17) is 15.4 Å². The number of aliphatic carboxylic acids is 1. The van der Waals surface area contributed by atoms with Gasteiger partial charge in [0.2, 0.25) is 0 Å². The number of nitrogens with zero attached hydrogens (tertiary/aromatic N) is 2. The molecule has 0 spiro atoms. The number of carboxylic acid groups (broad SMARTS) is 1. The van der Waals surface area contributed by atoms with Gasteiger partial charge < -0.3 is 15.4 Å². The van der Waals surface area contributed by atoms with Crippen LogP contribution in [0.3, 0.4) is 0 Å². The van der Waals surface area contributed by atoms with Crippen LogP contribution < -0.4 is 5.73 Å². The standard InChI is InChI=1S/C12H12FN3O3S/c13-8-3-1-7(2-4-8)11-15-10(16-19-11)6-20-5-9(14)12(17)18/h1-4,9H,5-6,14H2,(H,17,18). The van der Waals surface area contributed by atoms with E-state index >= 15 is 0 Å². The van der Waals surface area contributed by atoms with Crippen molar-refractivity contribution >= 4 is 17.7 Å². The third-order valence-electron chi connectivity index (χ3n) is 2.41. The highest BCUT2D eigenvalue weighted by Crippen LogP contribution is 2.19. The SMILES string of the molecule is NC(CSCc1noc(-c2ccc(F)cc2)n1)C(=O)O. The zero-order valence-corrected chi connectivity index (χ0v) is 11.1. The van der Waals surface area contributed by atoms with Crippen molar-refractivity contribution in [1.29, 1.82) is 0 Å². The number of carboxylic acids is 1. The van der Waals surface area contributed by atoms with Crippen molar-refractivity contribution in [3.8, 4) is 11.5 Å². The highest BCUT2D eigenvalue weighted by Gasteiger charge is 2.13. The van der Waals surface area contributed by atoms with Gasteiger partial charge in [-0.15, -0.1) is 0 Å². The third-order valence-corrected chi connectivity index (χ3v) is 3.46. The molecule has 106 valence electrons. The first-order chi connectivity index (χ1) is 9.56. The molecule has 6 nitrogen and oxygen atoms in total. The zero-order chi connectivity index (χ0) is 14.5. The summed E-state index contributed by atoms with van der Waals surface area (Å²) in [6.07, 6.45) is 0. The van der Waals surface area contributed by atoms with E-state index in [-0.39, 0.29) is 11.6 Å². The largest absolute Gasteiger partial charge is 0.480 e. The molecule has 0 aliphatic carbocycles. The topological polar surface area (TPSA) is 102 Å². The van der Waals surface area contributed by atoms with Gasteiger partial charge in [0.25, 0.3) is 5.89 Å². The van der Waals surface area contributed by atoms with Crippen LogP contribution >= 0.6 is 11.8 Å². The summed E-state index contributed by atoms with van der Waals surface area (Å²) in [6.45, 7) is 0. The van der Waals surface area contributed by atoms with Crippen molar-refractivity contribution in [2.24, 2.45) is 5.73 Å². The van der Waals surface area contributed by atoms with Crippen LogP contribution in [0.1, 0.15) is 5.82 Å². The smallest absolute Gasteiger partial charge is 0.321 e. The van der Waals surface area contributed by atoms with Gasteiger partial charge in [-0.3, -0.25) is 4.79 Å². The van der Waals surface area contributed by atoms with E-state index in [0.29, 0.717) is 23.0 Å². The van der Waals surface area contributed by atoms with Gasteiger partial charge in [-0.05, 0) is 24.3 Å². The Hall–Kier alpha value is -1.93. The van der Waals surface area contributed by atoms with Crippen LogP contribution in [0.25, 0.3) is 11.5 Å². The number of aromatic nitrogens is 2. The average Bonchev–Trinajstić information content (AvgIpc) is 2.88. The van der Waals surface area contributed by atoms with Gasteiger partial charge in [0.05, 0.1) is 5.75 Å². The monoisotopic (exact) mass is 297 g/mol. The summed E-state index contributed by atoms with van der Waals surface area (Å²) >= 11 is 1.30. The molecule has 1 unspecified atom stereocenters. The Morgan fingerprint density at radius 2 is 2.15 bits per heavy atom. The molecule has 0 saturated carbocycles. The molecule has 0 radical (unpaired) electrons. The summed E-state index contributed by atoms with van der Waals surface area (Å²) in [7, 11) is 0. The van der Waals surface area contributed by atoms with Gasteiger partial charge in [-0.1, -0.05) is 5.16 Å². The second-order valence-corrected chi connectivity index (χ2v) is 5.01. The second-order valence-electron chi connectivity index (χ2n) is 3.98. The molecule has 8 heteroatoms. The van der Waals surface area contributed by atoms with E-state index in [1.807, 2.05) is 0 Å². The molecule has 0 aliphatic heterocycles. The maximum absolute atomic E-state index is 12.8. The molecule has 3 N–H and O–H groups in total. The molecule has 1 aromatic heterocycles. The summed E-state index contributed by atoms with van der Waals surface area (Å²) < 4.78 is 17.8. The maximum atomic E-state index is 12.8. The van der Waals surface area contributed by atoms with E-state index < -0.39 is 12.0 Å². The van der Waals surface area contributed by atoms with Gasteiger partial charge >= 0.3 is 5.97 Å². The molecule has 1 heterocycles. The van der Waals surface area contributed by atoms with Crippen LogP contribution in [-0.2, 0) is 10.5 Å². The Morgan fingerprint density at radius 1 is 1.45 bits per heavy atom. The van der Waals surface area contributed by atoms with E-state index in [9.17, 15) is 9.18 Å². The lowest BCUT2D eigenvalue weighted by Crippen LogP contribution is -2.32. The lowest BCUT2D eigenvalue weighted by atomic mass is 10.2. The number of thioether (sulfide) groups is 1. The fourth-order valence-electron chi connectivity index (χ4n) is 1.37. The molecule has 0 aliphatic rings. The fourth-order valence-corrected chi connectivity index (χ4v) is 2.18. The quantitative estimate of drug-likeness (QED) is 0.833. The van der Waals surface area contributed by atoms with Crippen molar-refractivity contribution in [2.45, 2.75) is 11.8 Å². The van der Waals surface area contributed by atoms with Crippen molar-refractivity contribution in [2.75, 3.05) is 5.75 Å². The normalized spacial score (nSPS) is 12.3. The number of carbonyl (C=O) groups is 1. The molecule has 2 aromatic rings. The Bertz CT molecular complexity index is 588. The van der Waals surface area contributed by atoms with E-state index in [2.05, 4.69) is 10.1 Å². The first-order valence-electron chi connectivity index (χ1n) is 5.71. The molecular weight excluding hydrogens is 285 g/mol. The van der Waals surface area contributed by atoms with Crippen molar-refractivity contribution in [3.63, 3.8) is 0 Å². The Balaban J connectivity index is 1.92. The molecule has 0 saturated heterocycles. The van der Waals surface area contributed by atoms with Crippen LogP contribution in [0.2, 0.25) is 0 Å². The lowest BCUT2D eigenvalue weighted by Gasteiger charge is -2.03. The van der Waals surface area contributed by atoms with Gasteiger partial charge in [0.15, 0.2) is 5.82 Å². The first-order valence-corrected chi connectivity index (χ1v) is 6.86. The number of nitrogens with two attached hydrogens (primary N) is 1. The zero-order valence-electron chi connectivity index (χ0n) is 10.3. The van der Waals surface area contributed by atoms with Crippen molar-refractivity contribution in [3.05, 3.63) is 35.9 Å². The third kappa shape index (κ3) is 3.78. The second kappa shape index (κ2) is 6.49. The van der Waals surface area contributed by atoms with Gasteiger partial charge in [0, 0.05) is 11.3 Å². The molecule has 0 amide bonds. The van der Waals surface area contributed by atoms with Crippen LogP contribution in [0.5, 0.6) is 0 Å². The van der Waals surface area contributed by atoms with Crippen molar-refractivity contribution in [1.82, 2.24) is 10.1 Å². The minimum absolute atomic E-state index is 0.260. The molecule has 2 rings (SSSR count). The van der Waals surface area contributed by atoms with Gasteiger partial charge in [-0.25, -0.2) is 4.39 Å². The van der Waals surface area contributed by atoms with Crippen LogP contribution in [0.4, 0.5) is 4.39 Å². The van der Waals surface area contributed by atoms with Crippen LogP contribution in [0.15, 0.2) is 28.8 Å².